The van der Waals surface area contributed by atoms with Crippen LogP contribution in [0.25, 0.3) is 10.9 Å². The van der Waals surface area contributed by atoms with Crippen molar-refractivity contribution in [2.45, 2.75) is 25.4 Å². The van der Waals surface area contributed by atoms with Gasteiger partial charge in [0.2, 0.25) is 11.6 Å². The smallest absolute Gasteiger partial charge is 0.422 e. The third kappa shape index (κ3) is 5.27. The van der Waals surface area contributed by atoms with E-state index in [-0.39, 0.29) is 28.2 Å². The molecule has 0 saturated heterocycles. The van der Waals surface area contributed by atoms with E-state index in [1.165, 1.54) is 30.6 Å². The van der Waals surface area contributed by atoms with Crippen molar-refractivity contribution >= 4 is 22.5 Å². The number of ether oxygens (including phenoxy) is 1. The van der Waals surface area contributed by atoms with E-state index >= 15 is 8.78 Å². The molecule has 0 radical (unpaired) electrons. The molecule has 4 aromatic rings. The van der Waals surface area contributed by atoms with E-state index in [0.29, 0.717) is 10.9 Å². The van der Waals surface area contributed by atoms with Gasteiger partial charge in [0.25, 0.3) is 0 Å². The first-order valence-corrected chi connectivity index (χ1v) is 11.0. The highest BCUT2D eigenvalue weighted by Gasteiger charge is 2.36. The number of halogens is 8. The average Bonchev–Trinajstić information content (AvgIpc) is 2.83. The first kappa shape index (κ1) is 26.5. The van der Waals surface area contributed by atoms with Crippen molar-refractivity contribution in [2.75, 3.05) is 6.61 Å². The third-order valence-electron chi connectivity index (χ3n) is 5.69. The maximum atomic E-state index is 15.3. The fourth-order valence-corrected chi connectivity index (χ4v) is 4.20. The number of aromatic nitrogens is 2. The molecule has 2 heterocycles. The zero-order chi connectivity index (χ0) is 27.1. The number of fused-ring (bicyclic) bond motifs is 1. The Bertz CT molecular complexity index is 1470. The molecule has 37 heavy (non-hydrogen) atoms. The molecular weight excluding hydrogens is 529 g/mol. The van der Waals surface area contributed by atoms with Crippen LogP contribution in [0.1, 0.15) is 28.3 Å². The molecule has 4 rings (SSSR count). The van der Waals surface area contributed by atoms with Crippen LogP contribution in [0.2, 0.25) is 5.02 Å². The van der Waals surface area contributed by atoms with Crippen LogP contribution in [0.3, 0.4) is 0 Å². The Balaban J connectivity index is 1.94. The van der Waals surface area contributed by atoms with Crippen LogP contribution in [0.5, 0.6) is 11.5 Å². The highest BCUT2D eigenvalue weighted by molar-refractivity contribution is 6.30. The standard InChI is InChI=1S/C25H16ClF7N2O2/c1-11-7-13(26)9-35-16(11)8-15(14-5-4-12-3-2-6-34-22(12)23(14)36)17-18(27)20(29)24(21(30)19(17)28)37-10-25(31,32)33/h2-7,9,15,36H,8,10H2,1H3. The number of rotatable bonds is 6. The van der Waals surface area contributed by atoms with Gasteiger partial charge in [-0.05, 0) is 24.6 Å². The molecular formula is C25H16ClF7N2O2. The van der Waals surface area contributed by atoms with Gasteiger partial charge in [-0.15, -0.1) is 0 Å². The van der Waals surface area contributed by atoms with E-state index in [9.17, 15) is 27.1 Å². The molecule has 0 aliphatic heterocycles. The molecule has 0 fully saturated rings. The minimum atomic E-state index is -5.02. The number of hydrogen-bond donors (Lipinski definition) is 1. The van der Waals surface area contributed by atoms with E-state index in [1.807, 2.05) is 0 Å². The second kappa shape index (κ2) is 10.0. The molecule has 1 N–H and O–H groups in total. The Kier molecular flexibility index (Phi) is 7.18. The van der Waals surface area contributed by atoms with E-state index in [4.69, 9.17) is 11.6 Å². The van der Waals surface area contributed by atoms with Crippen molar-refractivity contribution in [2.24, 2.45) is 0 Å². The van der Waals surface area contributed by atoms with Gasteiger partial charge < -0.3 is 9.84 Å². The molecule has 0 aliphatic carbocycles. The summed E-state index contributed by atoms with van der Waals surface area (Å²) in [4.78, 5) is 8.18. The zero-order valence-electron chi connectivity index (χ0n) is 18.8. The van der Waals surface area contributed by atoms with Gasteiger partial charge >= 0.3 is 6.18 Å². The molecule has 2 aromatic carbocycles. The van der Waals surface area contributed by atoms with Crippen molar-refractivity contribution in [3.8, 4) is 11.5 Å². The second-order valence-corrected chi connectivity index (χ2v) is 8.59. The maximum Gasteiger partial charge on any atom is 0.422 e. The van der Waals surface area contributed by atoms with Crippen molar-refractivity contribution in [3.63, 3.8) is 0 Å². The van der Waals surface area contributed by atoms with Crippen LogP contribution >= 0.6 is 11.6 Å². The lowest BCUT2D eigenvalue weighted by atomic mass is 9.84. The summed E-state index contributed by atoms with van der Waals surface area (Å²) in [5, 5.41) is 11.7. The minimum absolute atomic E-state index is 0.0534. The van der Waals surface area contributed by atoms with Gasteiger partial charge in [0.05, 0.1) is 5.02 Å². The number of pyridine rings is 2. The minimum Gasteiger partial charge on any atom is -0.505 e. The summed E-state index contributed by atoms with van der Waals surface area (Å²) < 4.78 is 102. The van der Waals surface area contributed by atoms with Gasteiger partial charge in [-0.25, -0.2) is 8.78 Å². The van der Waals surface area contributed by atoms with Crippen LogP contribution in [-0.2, 0) is 6.42 Å². The van der Waals surface area contributed by atoms with Crippen LogP contribution < -0.4 is 4.74 Å². The highest BCUT2D eigenvalue weighted by Crippen LogP contribution is 2.42. The van der Waals surface area contributed by atoms with Crippen LogP contribution in [-0.4, -0.2) is 27.9 Å². The maximum absolute atomic E-state index is 15.3. The van der Waals surface area contributed by atoms with Crippen LogP contribution in [0.15, 0.2) is 42.7 Å². The van der Waals surface area contributed by atoms with Gasteiger partial charge in [0, 0.05) is 46.9 Å². The summed E-state index contributed by atoms with van der Waals surface area (Å²) >= 11 is 5.93. The number of hydrogen-bond acceptors (Lipinski definition) is 4. The molecule has 0 aliphatic rings. The number of nitrogens with zero attached hydrogens (tertiary/aromatic N) is 2. The van der Waals surface area contributed by atoms with Gasteiger partial charge in [-0.3, -0.25) is 9.97 Å². The Morgan fingerprint density at radius 2 is 1.68 bits per heavy atom. The monoisotopic (exact) mass is 544 g/mol. The summed E-state index contributed by atoms with van der Waals surface area (Å²) in [5.41, 5.74) is -0.564. The fraction of sp³-hybridized carbons (Fsp3) is 0.200. The van der Waals surface area contributed by atoms with Crippen molar-refractivity contribution in [1.82, 2.24) is 9.97 Å². The number of aromatic hydroxyl groups is 1. The number of aryl methyl sites for hydroxylation is 1. The first-order valence-electron chi connectivity index (χ1n) is 10.6. The van der Waals surface area contributed by atoms with E-state index in [2.05, 4.69) is 14.7 Å². The second-order valence-electron chi connectivity index (χ2n) is 8.15. The summed E-state index contributed by atoms with van der Waals surface area (Å²) in [5.74, 6) is -12.2. The third-order valence-corrected chi connectivity index (χ3v) is 5.90. The van der Waals surface area contributed by atoms with Crippen LogP contribution in [0, 0.1) is 30.2 Å². The molecule has 12 heteroatoms. The molecule has 194 valence electrons. The Labute approximate surface area is 210 Å². The predicted octanol–water partition coefficient (Wildman–Crippen LogP) is 7.17. The zero-order valence-corrected chi connectivity index (χ0v) is 19.6. The number of phenolic OH excluding ortho intramolecular Hbond substituents is 1. The van der Waals surface area contributed by atoms with Gasteiger partial charge in [0.1, 0.15) is 11.3 Å². The van der Waals surface area contributed by atoms with E-state index in [1.54, 1.807) is 19.1 Å². The SMILES string of the molecule is Cc1cc(Cl)cnc1CC(c1ccc2cccnc2c1O)c1c(F)c(F)c(OCC(F)(F)F)c(F)c1F. The molecule has 0 amide bonds. The summed E-state index contributed by atoms with van der Waals surface area (Å²) in [6.45, 7) is -0.581. The number of phenols is 1. The van der Waals surface area contributed by atoms with Crippen molar-refractivity contribution in [1.29, 1.82) is 0 Å². The lowest BCUT2D eigenvalue weighted by Crippen LogP contribution is -2.22. The topological polar surface area (TPSA) is 55.2 Å². The highest BCUT2D eigenvalue weighted by atomic mass is 35.5. The van der Waals surface area contributed by atoms with Gasteiger partial charge in [0.15, 0.2) is 24.0 Å². The van der Waals surface area contributed by atoms with Gasteiger partial charge in [-0.1, -0.05) is 29.8 Å². The number of benzene rings is 2. The Morgan fingerprint density at radius 1 is 1.00 bits per heavy atom. The number of alkyl halides is 3. The quantitative estimate of drug-likeness (QED) is 0.207. The molecule has 1 unspecified atom stereocenters. The van der Waals surface area contributed by atoms with Gasteiger partial charge in [-0.2, -0.15) is 22.0 Å². The summed E-state index contributed by atoms with van der Waals surface area (Å²) in [7, 11) is 0. The van der Waals surface area contributed by atoms with Crippen molar-refractivity contribution in [3.05, 3.63) is 93.4 Å². The largest absolute Gasteiger partial charge is 0.505 e. The molecule has 0 spiro atoms. The lowest BCUT2D eigenvalue weighted by molar-refractivity contribution is -0.154. The average molecular weight is 545 g/mol. The van der Waals surface area contributed by atoms with Crippen molar-refractivity contribution < 1.29 is 40.6 Å². The van der Waals surface area contributed by atoms with Crippen LogP contribution in [0.4, 0.5) is 30.7 Å². The molecule has 0 saturated carbocycles. The Hall–Kier alpha value is -3.60. The van der Waals surface area contributed by atoms with E-state index in [0.717, 1.165) is 0 Å². The molecule has 2 aromatic heterocycles. The molecule has 0 bridgehead atoms. The Morgan fingerprint density at radius 3 is 2.30 bits per heavy atom. The normalized spacial score (nSPS) is 12.7. The first-order chi connectivity index (χ1) is 17.4. The van der Waals surface area contributed by atoms with E-state index < -0.39 is 59.0 Å². The lowest BCUT2D eigenvalue weighted by Gasteiger charge is -2.23. The predicted molar refractivity (Wildman–Crippen MR) is 121 cm³/mol. The molecule has 1 atom stereocenters. The summed E-state index contributed by atoms with van der Waals surface area (Å²) in [6, 6.07) is 7.49. The fourth-order valence-electron chi connectivity index (χ4n) is 3.99. The summed E-state index contributed by atoms with van der Waals surface area (Å²) in [6.07, 6.45) is -2.77. The molecule has 4 nitrogen and oxygen atoms in total.